The molecule has 2 unspecified atom stereocenters. The molecule has 2 atom stereocenters. The van der Waals surface area contributed by atoms with Crippen molar-refractivity contribution in [2.24, 2.45) is 17.1 Å². The summed E-state index contributed by atoms with van der Waals surface area (Å²) in [5, 5.41) is 2.83. The summed E-state index contributed by atoms with van der Waals surface area (Å²) in [6.07, 6.45) is 2.84. The first kappa shape index (κ1) is 17.6. The average molecular weight is 320 g/mol. The Labute approximate surface area is 130 Å². The van der Waals surface area contributed by atoms with E-state index in [0.717, 1.165) is 25.7 Å². The zero-order chi connectivity index (χ0) is 16.2. The third-order valence-electron chi connectivity index (χ3n) is 5.39. The first-order chi connectivity index (χ1) is 10.3. The van der Waals surface area contributed by atoms with Crippen LogP contribution >= 0.6 is 0 Å². The average Bonchev–Trinajstić information content (AvgIpc) is 2.47. The summed E-state index contributed by atoms with van der Waals surface area (Å²) in [5.41, 5.74) is 5.73. The van der Waals surface area contributed by atoms with E-state index >= 15 is 0 Å². The molecule has 0 radical (unpaired) electrons. The minimum Gasteiger partial charge on any atom is -0.353 e. The summed E-state index contributed by atoms with van der Waals surface area (Å²) in [6, 6.07) is -0.341. The van der Waals surface area contributed by atoms with E-state index < -0.39 is 12.1 Å². The number of nitrogens with one attached hydrogen (secondary N) is 1. The van der Waals surface area contributed by atoms with Gasteiger partial charge in [-0.2, -0.15) is 13.2 Å². The van der Waals surface area contributed by atoms with Crippen LogP contribution in [0.2, 0.25) is 0 Å². The second-order valence-electron chi connectivity index (χ2n) is 7.11. The Hall–Kier alpha value is -0.780. The van der Waals surface area contributed by atoms with Gasteiger partial charge in [-0.25, -0.2) is 0 Å². The van der Waals surface area contributed by atoms with Crippen LogP contribution in [0.15, 0.2) is 0 Å². The molecule has 0 aromatic heterocycles. The van der Waals surface area contributed by atoms with E-state index in [9.17, 15) is 18.0 Å². The molecule has 2 rings (SSSR count). The molecular formula is C16H27F3N2O. The summed E-state index contributed by atoms with van der Waals surface area (Å²) >= 11 is 0. The number of amides is 1. The Balaban J connectivity index is 1.86. The molecule has 2 aliphatic carbocycles. The maximum absolute atomic E-state index is 12.8. The smallest absolute Gasteiger partial charge is 0.353 e. The normalized spacial score (nSPS) is 29.1. The fourth-order valence-corrected chi connectivity index (χ4v) is 3.99. The number of carbonyl (C=O) groups excluding carboxylic acids is 1. The molecule has 0 spiro atoms. The van der Waals surface area contributed by atoms with Gasteiger partial charge in [-0.3, -0.25) is 4.79 Å². The van der Waals surface area contributed by atoms with Gasteiger partial charge in [0.1, 0.15) is 0 Å². The van der Waals surface area contributed by atoms with E-state index in [1.165, 1.54) is 6.42 Å². The summed E-state index contributed by atoms with van der Waals surface area (Å²) in [6.45, 7) is 0.482. The van der Waals surface area contributed by atoms with E-state index in [-0.39, 0.29) is 30.2 Å². The van der Waals surface area contributed by atoms with Crippen LogP contribution in [0.1, 0.15) is 64.2 Å². The highest BCUT2D eigenvalue weighted by molar-refractivity contribution is 5.77. The van der Waals surface area contributed by atoms with Crippen LogP contribution in [0.4, 0.5) is 13.2 Å². The molecule has 0 aromatic carbocycles. The number of rotatable bonds is 4. The molecule has 1 amide bonds. The van der Waals surface area contributed by atoms with Crippen molar-refractivity contribution in [3.63, 3.8) is 0 Å². The van der Waals surface area contributed by atoms with Gasteiger partial charge in [0.15, 0.2) is 0 Å². The zero-order valence-electron chi connectivity index (χ0n) is 13.1. The van der Waals surface area contributed by atoms with Crippen molar-refractivity contribution in [1.82, 2.24) is 5.32 Å². The van der Waals surface area contributed by atoms with Gasteiger partial charge in [0, 0.05) is 12.5 Å². The number of carbonyl (C=O) groups is 1. The number of hydrogen-bond donors (Lipinski definition) is 2. The third kappa shape index (κ3) is 4.61. The Bertz CT molecular complexity index is 378. The number of alkyl halides is 3. The maximum Gasteiger partial charge on any atom is 0.391 e. The van der Waals surface area contributed by atoms with Crippen LogP contribution in [0.3, 0.4) is 0 Å². The highest BCUT2D eigenvalue weighted by atomic mass is 19.4. The highest BCUT2D eigenvalue weighted by Gasteiger charge is 2.42. The van der Waals surface area contributed by atoms with Crippen LogP contribution in [-0.2, 0) is 4.79 Å². The lowest BCUT2D eigenvalue weighted by Gasteiger charge is -2.37. The number of halogens is 3. The standard InChI is InChI=1S/C16H27F3N2O/c17-16(18,19)12-5-4-6-13(9-12)21-14(22)10-15(11-20)7-2-1-3-8-15/h12-13H,1-11,20H2,(H,21,22). The molecule has 0 aromatic rings. The molecule has 128 valence electrons. The molecule has 0 saturated heterocycles. The topological polar surface area (TPSA) is 55.1 Å². The largest absolute Gasteiger partial charge is 0.391 e. The summed E-state index contributed by atoms with van der Waals surface area (Å²) in [7, 11) is 0. The van der Waals surface area contributed by atoms with Gasteiger partial charge in [-0.05, 0) is 44.1 Å². The number of nitrogens with two attached hydrogens (primary N) is 1. The van der Waals surface area contributed by atoms with Gasteiger partial charge in [0.25, 0.3) is 0 Å². The molecule has 3 N–H and O–H groups in total. The van der Waals surface area contributed by atoms with Crippen molar-refractivity contribution < 1.29 is 18.0 Å². The van der Waals surface area contributed by atoms with E-state index in [1.807, 2.05) is 0 Å². The van der Waals surface area contributed by atoms with E-state index in [2.05, 4.69) is 5.32 Å². The van der Waals surface area contributed by atoms with Gasteiger partial charge in [0.05, 0.1) is 5.92 Å². The first-order valence-electron chi connectivity index (χ1n) is 8.41. The van der Waals surface area contributed by atoms with Crippen molar-refractivity contribution in [3.05, 3.63) is 0 Å². The molecule has 0 bridgehead atoms. The Kier molecular flexibility index (Phi) is 5.75. The second kappa shape index (κ2) is 7.20. The van der Waals surface area contributed by atoms with Crippen molar-refractivity contribution in [3.8, 4) is 0 Å². The summed E-state index contributed by atoms with van der Waals surface area (Å²) in [5.74, 6) is -1.40. The summed E-state index contributed by atoms with van der Waals surface area (Å²) in [4.78, 5) is 12.3. The molecule has 2 fully saturated rings. The van der Waals surface area contributed by atoms with E-state index in [4.69, 9.17) is 5.73 Å². The Morgan fingerprint density at radius 3 is 2.41 bits per heavy atom. The second-order valence-corrected chi connectivity index (χ2v) is 7.11. The van der Waals surface area contributed by atoms with E-state index in [0.29, 0.717) is 25.8 Å². The first-order valence-corrected chi connectivity index (χ1v) is 8.41. The lowest BCUT2D eigenvalue weighted by Crippen LogP contribution is -2.44. The van der Waals surface area contributed by atoms with Gasteiger partial charge < -0.3 is 11.1 Å². The van der Waals surface area contributed by atoms with Gasteiger partial charge in [-0.1, -0.05) is 25.7 Å². The molecule has 0 aliphatic heterocycles. The summed E-state index contributed by atoms with van der Waals surface area (Å²) < 4.78 is 38.4. The Morgan fingerprint density at radius 1 is 1.14 bits per heavy atom. The van der Waals surface area contributed by atoms with Crippen molar-refractivity contribution in [2.45, 2.75) is 76.4 Å². The van der Waals surface area contributed by atoms with Gasteiger partial charge in [-0.15, -0.1) is 0 Å². The van der Waals surface area contributed by atoms with Crippen LogP contribution in [-0.4, -0.2) is 24.7 Å². The lowest BCUT2D eigenvalue weighted by molar-refractivity contribution is -0.184. The quantitative estimate of drug-likeness (QED) is 0.832. The predicted octanol–water partition coefficient (Wildman–Crippen LogP) is 3.52. The van der Waals surface area contributed by atoms with Crippen molar-refractivity contribution >= 4 is 5.91 Å². The van der Waals surface area contributed by atoms with Crippen LogP contribution in [0, 0.1) is 11.3 Å². The molecular weight excluding hydrogens is 293 g/mol. The molecule has 0 heterocycles. The van der Waals surface area contributed by atoms with Gasteiger partial charge >= 0.3 is 6.18 Å². The SMILES string of the molecule is NCC1(CC(=O)NC2CCCC(C(F)(F)F)C2)CCCCC1. The minimum atomic E-state index is -4.15. The van der Waals surface area contributed by atoms with Crippen molar-refractivity contribution in [1.29, 1.82) is 0 Å². The number of hydrogen-bond acceptors (Lipinski definition) is 2. The van der Waals surface area contributed by atoms with Crippen LogP contribution in [0.25, 0.3) is 0 Å². The molecule has 6 heteroatoms. The van der Waals surface area contributed by atoms with Gasteiger partial charge in [0.2, 0.25) is 5.91 Å². The Morgan fingerprint density at radius 2 is 1.82 bits per heavy atom. The molecule has 22 heavy (non-hydrogen) atoms. The minimum absolute atomic E-state index is 0.0187. The molecule has 2 saturated carbocycles. The highest BCUT2D eigenvalue weighted by Crippen LogP contribution is 2.39. The lowest BCUT2D eigenvalue weighted by atomic mass is 9.71. The molecule has 3 nitrogen and oxygen atoms in total. The fraction of sp³-hybridized carbons (Fsp3) is 0.938. The van der Waals surface area contributed by atoms with Crippen LogP contribution < -0.4 is 11.1 Å². The predicted molar refractivity (Wildman–Crippen MR) is 79.1 cm³/mol. The fourth-order valence-electron chi connectivity index (χ4n) is 3.99. The maximum atomic E-state index is 12.8. The van der Waals surface area contributed by atoms with Crippen molar-refractivity contribution in [2.75, 3.05) is 6.54 Å². The third-order valence-corrected chi connectivity index (χ3v) is 5.39. The van der Waals surface area contributed by atoms with Crippen LogP contribution in [0.5, 0.6) is 0 Å². The van der Waals surface area contributed by atoms with E-state index in [1.54, 1.807) is 0 Å². The monoisotopic (exact) mass is 320 g/mol. The molecule has 2 aliphatic rings. The zero-order valence-corrected chi connectivity index (χ0v) is 13.1.